The van der Waals surface area contributed by atoms with Crippen molar-refractivity contribution < 1.29 is 9.53 Å². The van der Waals surface area contributed by atoms with Crippen molar-refractivity contribution in [3.8, 4) is 5.75 Å². The Labute approximate surface area is 136 Å². The zero-order chi connectivity index (χ0) is 15.8. The molecule has 0 saturated carbocycles. The summed E-state index contributed by atoms with van der Waals surface area (Å²) in [5, 5.41) is 3.02. The third-order valence-corrected chi connectivity index (χ3v) is 4.34. The maximum absolute atomic E-state index is 12.0. The van der Waals surface area contributed by atoms with E-state index in [2.05, 4.69) is 5.32 Å². The summed E-state index contributed by atoms with van der Waals surface area (Å²) in [6.07, 6.45) is 0. The summed E-state index contributed by atoms with van der Waals surface area (Å²) in [6, 6.07) is 17.9. The number of nitrogens with one attached hydrogen (secondary N) is 1. The van der Waals surface area contributed by atoms with Crippen molar-refractivity contribution in [3.63, 3.8) is 0 Å². The molecule has 0 unspecified atom stereocenters. The van der Waals surface area contributed by atoms with Gasteiger partial charge in [-0.05, 0) is 30.2 Å². The minimum Gasteiger partial charge on any atom is -0.497 e. The third kappa shape index (κ3) is 5.11. The van der Waals surface area contributed by atoms with Gasteiger partial charge in [-0.15, -0.1) is 11.8 Å². The Balaban J connectivity index is 1.73. The number of rotatable bonds is 7. The Kier molecular flexibility index (Phi) is 6.34. The Morgan fingerprint density at radius 1 is 1.14 bits per heavy atom. The van der Waals surface area contributed by atoms with E-state index in [4.69, 9.17) is 4.74 Å². The van der Waals surface area contributed by atoms with Crippen LogP contribution in [0.15, 0.2) is 54.6 Å². The van der Waals surface area contributed by atoms with Crippen molar-refractivity contribution in [3.05, 3.63) is 65.7 Å². The minimum absolute atomic E-state index is 0.0373. The van der Waals surface area contributed by atoms with Crippen LogP contribution in [-0.4, -0.2) is 18.8 Å². The molecule has 4 heteroatoms. The van der Waals surface area contributed by atoms with Crippen LogP contribution in [-0.2, 0) is 10.5 Å². The molecule has 1 amide bonds. The van der Waals surface area contributed by atoms with Crippen molar-refractivity contribution in [2.75, 3.05) is 12.9 Å². The maximum Gasteiger partial charge on any atom is 0.230 e. The highest BCUT2D eigenvalue weighted by atomic mass is 32.2. The number of hydrogen-bond acceptors (Lipinski definition) is 3. The molecular formula is C18H21NO2S. The number of hydrogen-bond donors (Lipinski definition) is 1. The summed E-state index contributed by atoms with van der Waals surface area (Å²) >= 11 is 1.61. The second-order valence-electron chi connectivity index (χ2n) is 5.04. The van der Waals surface area contributed by atoms with Crippen LogP contribution in [0.3, 0.4) is 0 Å². The van der Waals surface area contributed by atoms with Crippen LogP contribution < -0.4 is 10.1 Å². The zero-order valence-corrected chi connectivity index (χ0v) is 13.7. The molecule has 0 aliphatic heterocycles. The van der Waals surface area contributed by atoms with Gasteiger partial charge in [-0.2, -0.15) is 0 Å². The molecular weight excluding hydrogens is 294 g/mol. The SMILES string of the molecule is COc1ccc(CSCC(=O)N[C@@H](C)c2ccccc2)cc1. The number of methoxy groups -OCH3 is 1. The monoisotopic (exact) mass is 315 g/mol. The van der Waals surface area contributed by atoms with Gasteiger partial charge in [-0.25, -0.2) is 0 Å². The van der Waals surface area contributed by atoms with Gasteiger partial charge >= 0.3 is 0 Å². The average molecular weight is 315 g/mol. The van der Waals surface area contributed by atoms with Gasteiger partial charge in [0.15, 0.2) is 0 Å². The molecule has 116 valence electrons. The van der Waals surface area contributed by atoms with Gasteiger partial charge in [-0.1, -0.05) is 42.5 Å². The van der Waals surface area contributed by atoms with Crippen molar-refractivity contribution in [2.24, 2.45) is 0 Å². The first-order chi connectivity index (χ1) is 10.7. The molecule has 22 heavy (non-hydrogen) atoms. The summed E-state index contributed by atoms with van der Waals surface area (Å²) in [7, 11) is 1.65. The standard InChI is InChI=1S/C18H21NO2S/c1-14(16-6-4-3-5-7-16)19-18(20)13-22-12-15-8-10-17(21-2)11-9-15/h3-11,14H,12-13H2,1-2H3,(H,19,20)/t14-/m0/s1. The summed E-state index contributed by atoms with van der Waals surface area (Å²) in [6.45, 7) is 2.00. The van der Waals surface area contributed by atoms with Crippen LogP contribution >= 0.6 is 11.8 Å². The van der Waals surface area contributed by atoms with Crippen LogP contribution in [0.2, 0.25) is 0 Å². The summed E-state index contributed by atoms with van der Waals surface area (Å²) in [4.78, 5) is 12.0. The second-order valence-corrected chi connectivity index (χ2v) is 6.03. The summed E-state index contributed by atoms with van der Waals surface area (Å²) < 4.78 is 5.13. The smallest absolute Gasteiger partial charge is 0.230 e. The molecule has 2 aromatic rings. The number of benzene rings is 2. The van der Waals surface area contributed by atoms with Crippen LogP contribution in [0.1, 0.15) is 24.1 Å². The third-order valence-electron chi connectivity index (χ3n) is 3.34. The lowest BCUT2D eigenvalue weighted by atomic mass is 10.1. The highest BCUT2D eigenvalue weighted by Gasteiger charge is 2.09. The van der Waals surface area contributed by atoms with Crippen LogP contribution in [0.5, 0.6) is 5.75 Å². The van der Waals surface area contributed by atoms with Gasteiger partial charge in [0, 0.05) is 5.75 Å². The fourth-order valence-corrected chi connectivity index (χ4v) is 2.89. The molecule has 0 aromatic heterocycles. The van der Waals surface area contributed by atoms with Gasteiger partial charge < -0.3 is 10.1 Å². The number of carbonyl (C=O) groups excluding carboxylic acids is 1. The molecule has 1 atom stereocenters. The molecule has 0 saturated heterocycles. The number of carbonyl (C=O) groups is 1. The van der Waals surface area contributed by atoms with E-state index in [0.717, 1.165) is 17.1 Å². The lowest BCUT2D eigenvalue weighted by Gasteiger charge is -2.14. The lowest BCUT2D eigenvalue weighted by Crippen LogP contribution is -2.28. The number of ether oxygens (including phenoxy) is 1. The molecule has 2 aromatic carbocycles. The Morgan fingerprint density at radius 3 is 2.45 bits per heavy atom. The van der Waals surface area contributed by atoms with E-state index in [1.807, 2.05) is 61.5 Å². The number of amides is 1. The van der Waals surface area contributed by atoms with E-state index < -0.39 is 0 Å². The molecule has 2 rings (SSSR count). The number of thioether (sulfide) groups is 1. The van der Waals surface area contributed by atoms with E-state index in [9.17, 15) is 4.79 Å². The van der Waals surface area contributed by atoms with Crippen molar-refractivity contribution in [1.82, 2.24) is 5.32 Å². The van der Waals surface area contributed by atoms with Gasteiger partial charge in [0.25, 0.3) is 0 Å². The average Bonchev–Trinajstić information content (AvgIpc) is 2.56. The first-order valence-corrected chi connectivity index (χ1v) is 8.39. The van der Waals surface area contributed by atoms with Gasteiger partial charge in [0.2, 0.25) is 5.91 Å². The first-order valence-electron chi connectivity index (χ1n) is 7.24. The normalized spacial score (nSPS) is 11.7. The molecule has 0 spiro atoms. The zero-order valence-electron chi connectivity index (χ0n) is 12.9. The lowest BCUT2D eigenvalue weighted by molar-refractivity contribution is -0.119. The molecule has 0 heterocycles. The van der Waals surface area contributed by atoms with E-state index in [1.165, 1.54) is 5.56 Å². The van der Waals surface area contributed by atoms with Gasteiger partial charge in [0.05, 0.1) is 18.9 Å². The Morgan fingerprint density at radius 2 is 1.82 bits per heavy atom. The minimum atomic E-state index is 0.0373. The summed E-state index contributed by atoms with van der Waals surface area (Å²) in [5.41, 5.74) is 2.31. The molecule has 1 N–H and O–H groups in total. The van der Waals surface area contributed by atoms with E-state index in [-0.39, 0.29) is 11.9 Å². The predicted octanol–water partition coefficient (Wildman–Crippen LogP) is 3.81. The van der Waals surface area contributed by atoms with Gasteiger partial charge in [-0.3, -0.25) is 4.79 Å². The van der Waals surface area contributed by atoms with E-state index in [1.54, 1.807) is 18.9 Å². The van der Waals surface area contributed by atoms with Crippen molar-refractivity contribution in [1.29, 1.82) is 0 Å². The van der Waals surface area contributed by atoms with Crippen molar-refractivity contribution >= 4 is 17.7 Å². The van der Waals surface area contributed by atoms with Crippen LogP contribution in [0, 0.1) is 0 Å². The highest BCUT2D eigenvalue weighted by molar-refractivity contribution is 7.99. The molecule has 0 bridgehead atoms. The van der Waals surface area contributed by atoms with Crippen molar-refractivity contribution in [2.45, 2.75) is 18.7 Å². The fourth-order valence-electron chi connectivity index (χ4n) is 2.09. The summed E-state index contributed by atoms with van der Waals surface area (Å²) in [5.74, 6) is 2.19. The van der Waals surface area contributed by atoms with E-state index >= 15 is 0 Å². The fraction of sp³-hybridized carbons (Fsp3) is 0.278. The van der Waals surface area contributed by atoms with Gasteiger partial charge in [0.1, 0.15) is 5.75 Å². The Bertz CT molecular complexity index is 584. The molecule has 3 nitrogen and oxygen atoms in total. The molecule has 0 aliphatic carbocycles. The largest absolute Gasteiger partial charge is 0.497 e. The molecule has 0 radical (unpaired) electrons. The highest BCUT2D eigenvalue weighted by Crippen LogP contribution is 2.17. The quantitative estimate of drug-likeness (QED) is 0.844. The Hall–Kier alpha value is -1.94. The molecule has 0 fully saturated rings. The molecule has 0 aliphatic rings. The van der Waals surface area contributed by atoms with Crippen LogP contribution in [0.4, 0.5) is 0 Å². The van der Waals surface area contributed by atoms with Crippen LogP contribution in [0.25, 0.3) is 0 Å². The first kappa shape index (κ1) is 16.4. The predicted molar refractivity (Wildman–Crippen MR) is 92.2 cm³/mol. The topological polar surface area (TPSA) is 38.3 Å². The van der Waals surface area contributed by atoms with E-state index in [0.29, 0.717) is 5.75 Å². The maximum atomic E-state index is 12.0. The second kappa shape index (κ2) is 8.49.